The van der Waals surface area contributed by atoms with Crippen LogP contribution in [0.15, 0.2) is 99.6 Å². The van der Waals surface area contributed by atoms with Gasteiger partial charge in [0.05, 0.1) is 21.3 Å². The Balaban J connectivity index is 0. The highest BCUT2D eigenvalue weighted by Crippen LogP contribution is 2.23. The van der Waals surface area contributed by atoms with Crippen LogP contribution in [0.5, 0.6) is 0 Å². The molecule has 0 aromatic heterocycles. The second-order valence-corrected chi connectivity index (χ2v) is 46.2. The van der Waals surface area contributed by atoms with E-state index in [-0.39, 0.29) is 146 Å². The highest BCUT2D eigenvalue weighted by atomic mass is 32.2. The molecule has 5 rings (SSSR count). The minimum Gasteiger partial charge on any atom is -0.461 e. The molecule has 0 spiro atoms. The van der Waals surface area contributed by atoms with Crippen LogP contribution in [0.2, 0.25) is 51.4 Å². The molecule has 108 heavy (non-hydrogen) atoms. The molecule has 0 aliphatic carbocycles. The summed E-state index contributed by atoms with van der Waals surface area (Å²) in [6.45, 7) is 32.4. The molecule has 0 unspecified atom stereocenters. The Hall–Kier alpha value is -5.05. The van der Waals surface area contributed by atoms with Gasteiger partial charge in [0.2, 0.25) is 30.1 Å². The van der Waals surface area contributed by atoms with E-state index in [1.807, 2.05) is 27.7 Å². The predicted molar refractivity (Wildman–Crippen MR) is 435 cm³/mol. The highest BCUT2D eigenvalue weighted by Gasteiger charge is 2.34. The van der Waals surface area contributed by atoms with Crippen LogP contribution < -0.4 is 22.2 Å². The molecular formula is C70H121BN6O23S6Si2. The predicted octanol–water partition coefficient (Wildman–Crippen LogP) is 8.43. The number of nitrogens with one attached hydrogen (secondary N) is 1. The van der Waals surface area contributed by atoms with Gasteiger partial charge in [-0.3, -0.25) is 14.4 Å². The topological polar surface area (TPSA) is 383 Å². The number of carbonyl (C=O) groups excluding carboxylic acids is 5. The second-order valence-electron chi connectivity index (χ2n) is 29.1. The first kappa shape index (κ1) is 105. The van der Waals surface area contributed by atoms with Crippen LogP contribution in [0.1, 0.15) is 107 Å². The summed E-state index contributed by atoms with van der Waals surface area (Å²) in [6.07, 6.45) is -0.367. The third-order valence-corrected chi connectivity index (χ3v) is 23.8. The van der Waals surface area contributed by atoms with E-state index in [4.69, 9.17) is 58.8 Å². The van der Waals surface area contributed by atoms with E-state index >= 15 is 0 Å². The number of hydrogen-bond acceptors (Lipinski definition) is 24. The lowest BCUT2D eigenvalue weighted by molar-refractivity contribution is -0.149. The van der Waals surface area contributed by atoms with Gasteiger partial charge in [-0.2, -0.15) is 40.5 Å². The molecule has 2 atom stereocenters. The van der Waals surface area contributed by atoms with Gasteiger partial charge in [0.1, 0.15) is 77.9 Å². The summed E-state index contributed by atoms with van der Waals surface area (Å²) >= 11 is 0. The lowest BCUT2D eigenvalue weighted by atomic mass is 9.75. The van der Waals surface area contributed by atoms with Gasteiger partial charge in [-0.05, 0) is 133 Å². The fourth-order valence-corrected chi connectivity index (χ4v) is 14.3. The maximum absolute atomic E-state index is 13.3. The minimum absolute atomic E-state index is 0. The molecule has 0 radical (unpaired) electrons. The molecule has 29 nitrogen and oxygen atoms in total. The molecule has 4 aromatic carbocycles. The Bertz CT molecular complexity index is 3670. The summed E-state index contributed by atoms with van der Waals surface area (Å²) in [7, 11) is -9.46. The number of nitrogens with zero attached hydrogens (tertiary/aromatic N) is 3. The van der Waals surface area contributed by atoms with Gasteiger partial charge >= 0.3 is 31.1 Å². The van der Waals surface area contributed by atoms with Crippen molar-refractivity contribution in [1.82, 2.24) is 18.2 Å². The second kappa shape index (κ2) is 50.1. The maximum atomic E-state index is 13.3. The van der Waals surface area contributed by atoms with Crippen molar-refractivity contribution in [3.63, 3.8) is 0 Å². The molecule has 0 saturated carbocycles. The van der Waals surface area contributed by atoms with Gasteiger partial charge in [0.25, 0.3) is 5.91 Å². The molecule has 1 heterocycles. The van der Waals surface area contributed by atoms with Crippen molar-refractivity contribution in [2.24, 2.45) is 29.2 Å². The van der Waals surface area contributed by atoms with Gasteiger partial charge in [0.15, 0.2) is 0 Å². The number of carbonyl (C=O) groups is 5. The maximum Gasteiger partial charge on any atom is 0.492 e. The van der Waals surface area contributed by atoms with Crippen molar-refractivity contribution in [2.75, 3.05) is 82.0 Å². The van der Waals surface area contributed by atoms with Gasteiger partial charge in [0, 0.05) is 69.8 Å². The lowest BCUT2D eigenvalue weighted by Gasteiger charge is -2.24. The van der Waals surface area contributed by atoms with Crippen LogP contribution in [0, 0.1) is 24.7 Å². The summed E-state index contributed by atoms with van der Waals surface area (Å²) in [5.41, 5.74) is 14.2. The number of amides is 2. The van der Waals surface area contributed by atoms with E-state index < -0.39 is 95.0 Å². The number of primary amides is 1. The average Bonchev–Trinajstić information content (AvgIpc) is 1.63. The molecule has 0 bridgehead atoms. The van der Waals surface area contributed by atoms with Crippen LogP contribution in [-0.2, 0) is 123 Å². The Morgan fingerprint density at radius 2 is 0.926 bits per heavy atom. The van der Waals surface area contributed by atoms with Crippen molar-refractivity contribution in [3.05, 3.63) is 118 Å². The largest absolute Gasteiger partial charge is 0.492 e. The van der Waals surface area contributed by atoms with Crippen molar-refractivity contribution in [1.29, 1.82) is 0 Å². The van der Waals surface area contributed by atoms with E-state index in [0.29, 0.717) is 47.4 Å². The molecule has 4 aromatic rings. The fourth-order valence-electron chi connectivity index (χ4n) is 9.01. The lowest BCUT2D eigenvalue weighted by Crippen LogP contribution is -2.46. The minimum atomic E-state index is -3.84. The average molecular weight is 1670 g/mol. The number of esters is 3. The Kier molecular flexibility index (Phi) is 48.7. The summed E-state index contributed by atoms with van der Waals surface area (Å²) in [6, 6.07) is 22.1. The highest BCUT2D eigenvalue weighted by molar-refractivity contribution is 7.89. The number of ether oxygens (including phenoxy) is 10. The SMILES string of the molecule is CC(C)(C)OC(N)=O.CC(C)CC(=O)OCc1ccc(S(=O)(=O)N(COCC[Si](C)(C)C)COCC[Si](C)(C)C)cc1.COCN(COC)S(=O)(=O)c1ccc(COC(=O)[C@@H](N)C(C)C)cc1.COCN(COC)S(=O)(=O)c1ccc(COC(=O)[C@@H](NC(=O)c2ccc3c(c2C)B(O)OC3)C(C)C)cc1.S.S.S. The first-order chi connectivity index (χ1) is 48.8. The molecule has 1 aliphatic heterocycles. The molecule has 38 heteroatoms. The zero-order valence-electron chi connectivity index (χ0n) is 66.3. The molecule has 0 saturated heterocycles. The fraction of sp³-hybridized carbons (Fsp3) is 0.586. The molecule has 1 aliphatic rings. The summed E-state index contributed by atoms with van der Waals surface area (Å²) < 4.78 is 137. The van der Waals surface area contributed by atoms with Gasteiger partial charge in [-0.1, -0.05) is 123 Å². The Morgan fingerprint density at radius 3 is 1.24 bits per heavy atom. The number of methoxy groups -OCH3 is 4. The molecular weight excluding hydrogens is 1550 g/mol. The van der Waals surface area contributed by atoms with Crippen molar-refractivity contribution >= 4 is 129 Å². The number of fused-ring (bicyclic) bond motifs is 1. The number of nitrogens with two attached hydrogens (primary N) is 2. The van der Waals surface area contributed by atoms with Crippen molar-refractivity contribution in [3.8, 4) is 0 Å². The summed E-state index contributed by atoms with van der Waals surface area (Å²) in [4.78, 5) is 59.7. The van der Waals surface area contributed by atoms with Crippen LogP contribution >= 0.6 is 40.5 Å². The van der Waals surface area contributed by atoms with E-state index in [0.717, 1.165) is 31.8 Å². The van der Waals surface area contributed by atoms with Crippen molar-refractivity contribution in [2.45, 2.75) is 186 Å². The molecule has 2 amide bonds. The van der Waals surface area contributed by atoms with Crippen LogP contribution in [0.25, 0.3) is 0 Å². The zero-order valence-corrected chi connectivity index (χ0v) is 73.8. The Morgan fingerprint density at radius 1 is 0.565 bits per heavy atom. The van der Waals surface area contributed by atoms with E-state index in [1.165, 1.54) is 69.1 Å². The smallest absolute Gasteiger partial charge is 0.461 e. The molecule has 616 valence electrons. The van der Waals surface area contributed by atoms with E-state index in [1.54, 1.807) is 90.1 Å². The number of hydrogen-bond donors (Lipinski definition) is 4. The zero-order chi connectivity index (χ0) is 79.8. The molecule has 6 N–H and O–H groups in total. The first-order valence-corrected chi connectivity index (χ1v) is 45.8. The molecule has 0 fully saturated rings. The summed E-state index contributed by atoms with van der Waals surface area (Å²) in [5, 5.41) is 12.8. The van der Waals surface area contributed by atoms with Crippen LogP contribution in [0.3, 0.4) is 0 Å². The standard InChI is InChI=1S/C25H33BN2O9S.C24H45NO6SSi2.C16H26N2O6S.C5H11NO2.3H2S/c1-16(2)23(27-24(29)21-11-8-19-13-37-26(31)22(19)17(21)3)25(30)36-12-18-6-9-20(10-7-18)38(32,33)28(14-34-4)15-35-5;1-21(2)17-24(26)31-18-22-9-11-23(12-10-22)32(27,28)25(19-29-13-15-33(3,4)5)20-30-14-16-34(6,7)8;1-12(2)15(17)16(19)24-9-13-5-7-14(8-6-13)25(20,21)18(10-22-3)11-23-4;1-5(2,3)8-4(6)7;;;/h6-11,16,23,31H,12-15H2,1-5H3,(H,27,29);9-12,21H,13-20H2,1-8H3;5-8,12,15H,9-11,17H2,1-4H3;1-3H3,(H2,6,7);3*1H2/t23-;;15-;;;;/m0.0..../s1. The number of sulfonamides is 3. The van der Waals surface area contributed by atoms with E-state index in [9.17, 15) is 54.3 Å². The third-order valence-electron chi connectivity index (χ3n) is 15.1. The van der Waals surface area contributed by atoms with Crippen LogP contribution in [-0.4, -0.2) is 196 Å². The summed E-state index contributed by atoms with van der Waals surface area (Å²) in [5.74, 6) is -1.90. The normalized spacial score (nSPS) is 12.9. The van der Waals surface area contributed by atoms with Gasteiger partial charge in [-0.25, -0.2) is 34.8 Å². The van der Waals surface area contributed by atoms with E-state index in [2.05, 4.69) is 49.3 Å². The van der Waals surface area contributed by atoms with Gasteiger partial charge < -0.3 is 73.8 Å². The van der Waals surface area contributed by atoms with Crippen LogP contribution in [0.4, 0.5) is 4.79 Å². The number of benzene rings is 4. The number of rotatable bonds is 38. The third kappa shape index (κ3) is 38.0. The van der Waals surface area contributed by atoms with Crippen molar-refractivity contribution < 1.29 is 106 Å². The monoisotopic (exact) mass is 1670 g/mol. The Labute approximate surface area is 664 Å². The first-order valence-electron chi connectivity index (χ1n) is 34.1. The quantitative estimate of drug-likeness (QED) is 0.0107. The van der Waals surface area contributed by atoms with Gasteiger partial charge in [-0.15, -0.1) is 12.9 Å².